The fraction of sp³-hybridized carbons (Fsp3) is 0.233. The van der Waals surface area contributed by atoms with Crippen molar-refractivity contribution >= 4 is 34.6 Å². The zero-order chi connectivity index (χ0) is 28.4. The zero-order valence-corrected chi connectivity index (χ0v) is 23.5. The number of aromatic nitrogens is 2. The first kappa shape index (κ1) is 27.3. The number of thiocarbonyl (C=S) groups is 1. The van der Waals surface area contributed by atoms with Gasteiger partial charge in [0.05, 0.1) is 30.6 Å². The second kappa shape index (κ2) is 11.4. The first-order chi connectivity index (χ1) is 19.3. The number of ether oxygens (including phenoxy) is 2. The summed E-state index contributed by atoms with van der Waals surface area (Å²) in [6, 6.07) is 19.4. The van der Waals surface area contributed by atoms with Gasteiger partial charge in [0.15, 0.2) is 5.11 Å². The molecule has 40 heavy (non-hydrogen) atoms. The minimum Gasteiger partial charge on any atom is -0.495 e. The molecule has 2 N–H and O–H groups in total. The fourth-order valence-corrected chi connectivity index (χ4v) is 5.66. The number of rotatable bonds is 8. The van der Waals surface area contributed by atoms with Crippen LogP contribution in [0.4, 0.5) is 15.8 Å². The maximum Gasteiger partial charge on any atom is 0.250 e. The Labute approximate surface area is 237 Å². The van der Waals surface area contributed by atoms with Crippen LogP contribution in [0, 0.1) is 19.7 Å². The average Bonchev–Trinajstić information content (AvgIpc) is 3.44. The van der Waals surface area contributed by atoms with Crippen LogP contribution in [0.1, 0.15) is 34.7 Å². The van der Waals surface area contributed by atoms with E-state index in [0.29, 0.717) is 16.5 Å². The minimum absolute atomic E-state index is 0.0898. The number of carbonyl (C=O) groups excluding carboxylic acids is 1. The number of hydrogen-bond donors (Lipinski definition) is 2. The Kier molecular flexibility index (Phi) is 7.81. The van der Waals surface area contributed by atoms with Crippen molar-refractivity contribution in [3.63, 3.8) is 0 Å². The quantitative estimate of drug-likeness (QED) is 0.280. The molecule has 0 saturated carbocycles. The van der Waals surface area contributed by atoms with Crippen LogP contribution in [0.5, 0.6) is 5.75 Å². The summed E-state index contributed by atoms with van der Waals surface area (Å²) >= 11 is 5.90. The molecule has 0 unspecified atom stereocenters. The minimum atomic E-state index is -0.304. The number of amides is 1. The van der Waals surface area contributed by atoms with E-state index in [0.717, 1.165) is 34.0 Å². The van der Waals surface area contributed by atoms with E-state index in [4.69, 9.17) is 21.7 Å². The molecular weight excluding hydrogens is 529 g/mol. The second-order valence-electron chi connectivity index (χ2n) is 9.50. The van der Waals surface area contributed by atoms with Crippen LogP contribution in [-0.4, -0.2) is 41.4 Å². The second-order valence-corrected chi connectivity index (χ2v) is 9.89. The number of nitrogens with zero attached hydrogens (tertiary/aromatic N) is 3. The van der Waals surface area contributed by atoms with E-state index in [1.165, 1.54) is 19.2 Å². The van der Waals surface area contributed by atoms with Crippen LogP contribution < -0.4 is 20.3 Å². The molecule has 206 valence electrons. The standard InChI is InChI=1S/C30H30FN5O3S/c1-18-14-23(19(2)35(18)21-9-7-8-20(31)15-21)29-28(24-10-5-6-13-32-24)34-30(40)36(29)22-11-12-26(39-4)25(16-22)33-27(37)17-38-3/h5-16,28-29H,17H2,1-4H3,(H,33,37)(H,34,40)/t28-,29+/m0/s1. The highest BCUT2D eigenvalue weighted by Gasteiger charge is 2.42. The van der Waals surface area contributed by atoms with E-state index in [1.807, 2.05) is 59.7 Å². The van der Waals surface area contributed by atoms with Crippen molar-refractivity contribution in [2.45, 2.75) is 25.9 Å². The normalized spacial score (nSPS) is 16.6. The van der Waals surface area contributed by atoms with Gasteiger partial charge in [0.2, 0.25) is 5.91 Å². The molecule has 0 bridgehead atoms. The summed E-state index contributed by atoms with van der Waals surface area (Å²) in [5.41, 5.74) is 5.73. The van der Waals surface area contributed by atoms with Crippen LogP contribution in [0.2, 0.25) is 0 Å². The Balaban J connectivity index is 1.65. The molecule has 1 fully saturated rings. The molecule has 1 amide bonds. The summed E-state index contributed by atoms with van der Waals surface area (Å²) in [5, 5.41) is 6.84. The van der Waals surface area contributed by atoms with Gasteiger partial charge in [-0.1, -0.05) is 12.1 Å². The van der Waals surface area contributed by atoms with Gasteiger partial charge in [-0.3, -0.25) is 9.78 Å². The molecular formula is C30H30FN5O3S. The third-order valence-corrected chi connectivity index (χ3v) is 7.28. The molecule has 2 aromatic heterocycles. The van der Waals surface area contributed by atoms with Gasteiger partial charge >= 0.3 is 0 Å². The predicted molar refractivity (Wildman–Crippen MR) is 157 cm³/mol. The summed E-state index contributed by atoms with van der Waals surface area (Å²) in [6.45, 7) is 3.93. The van der Waals surface area contributed by atoms with E-state index in [1.54, 1.807) is 25.4 Å². The highest BCUT2D eigenvalue weighted by atomic mass is 32.1. The van der Waals surface area contributed by atoms with Crippen molar-refractivity contribution in [1.29, 1.82) is 0 Å². The van der Waals surface area contributed by atoms with Gasteiger partial charge < -0.3 is 29.6 Å². The van der Waals surface area contributed by atoms with Crippen molar-refractivity contribution in [1.82, 2.24) is 14.9 Å². The maximum absolute atomic E-state index is 14.2. The molecule has 4 aromatic rings. The average molecular weight is 560 g/mol. The van der Waals surface area contributed by atoms with Gasteiger partial charge in [-0.2, -0.15) is 0 Å². The van der Waals surface area contributed by atoms with E-state index < -0.39 is 0 Å². The molecule has 0 radical (unpaired) electrons. The summed E-state index contributed by atoms with van der Waals surface area (Å²) in [5.74, 6) is -0.0976. The number of hydrogen-bond acceptors (Lipinski definition) is 5. The number of methoxy groups -OCH3 is 2. The van der Waals surface area contributed by atoms with E-state index in [9.17, 15) is 9.18 Å². The van der Waals surface area contributed by atoms with Gasteiger partial charge in [0.25, 0.3) is 0 Å². The molecule has 0 spiro atoms. The maximum atomic E-state index is 14.2. The Morgan fingerprint density at radius 1 is 1.07 bits per heavy atom. The van der Waals surface area contributed by atoms with Crippen LogP contribution in [0.25, 0.3) is 5.69 Å². The molecule has 2 aromatic carbocycles. The predicted octanol–water partition coefficient (Wildman–Crippen LogP) is 5.40. The Bertz CT molecular complexity index is 1560. The van der Waals surface area contributed by atoms with Crippen molar-refractivity contribution < 1.29 is 18.7 Å². The molecule has 8 nitrogen and oxygen atoms in total. The summed E-state index contributed by atoms with van der Waals surface area (Å²) < 4.78 is 26.7. The largest absolute Gasteiger partial charge is 0.495 e. The molecule has 1 saturated heterocycles. The van der Waals surface area contributed by atoms with Crippen molar-refractivity contribution in [2.24, 2.45) is 0 Å². The van der Waals surface area contributed by atoms with Crippen LogP contribution >= 0.6 is 12.2 Å². The number of benzene rings is 2. The monoisotopic (exact) mass is 559 g/mol. The molecule has 5 rings (SSSR count). The van der Waals surface area contributed by atoms with Gasteiger partial charge in [-0.05, 0) is 86.2 Å². The molecule has 0 aliphatic carbocycles. The number of anilines is 2. The van der Waals surface area contributed by atoms with E-state index >= 15 is 0 Å². The lowest BCUT2D eigenvalue weighted by atomic mass is 9.96. The summed E-state index contributed by atoms with van der Waals surface area (Å²) in [7, 11) is 3.01. The zero-order valence-electron chi connectivity index (χ0n) is 22.6. The van der Waals surface area contributed by atoms with Crippen molar-refractivity contribution in [3.05, 3.63) is 101 Å². The first-order valence-electron chi connectivity index (χ1n) is 12.7. The Hall–Kier alpha value is -4.28. The number of carbonyl (C=O) groups is 1. The van der Waals surface area contributed by atoms with Gasteiger partial charge in [-0.15, -0.1) is 0 Å². The molecule has 3 heterocycles. The molecule has 1 aliphatic rings. The fourth-order valence-electron chi connectivity index (χ4n) is 5.31. The van der Waals surface area contributed by atoms with Crippen LogP contribution in [0.3, 0.4) is 0 Å². The lowest BCUT2D eigenvalue weighted by Crippen LogP contribution is -2.29. The molecule has 10 heteroatoms. The number of pyridine rings is 1. The molecule has 2 atom stereocenters. The van der Waals surface area contributed by atoms with Crippen LogP contribution in [0.15, 0.2) is 72.9 Å². The lowest BCUT2D eigenvalue weighted by molar-refractivity contribution is -0.119. The lowest BCUT2D eigenvalue weighted by Gasteiger charge is -2.29. The summed E-state index contributed by atoms with van der Waals surface area (Å²) in [4.78, 5) is 19.0. The van der Waals surface area contributed by atoms with E-state index in [2.05, 4.69) is 21.7 Å². The topological polar surface area (TPSA) is 80.7 Å². The smallest absolute Gasteiger partial charge is 0.250 e. The number of aryl methyl sites for hydroxylation is 1. The third-order valence-electron chi connectivity index (χ3n) is 6.96. The van der Waals surface area contributed by atoms with E-state index in [-0.39, 0.29) is 30.4 Å². The first-order valence-corrected chi connectivity index (χ1v) is 13.2. The van der Waals surface area contributed by atoms with Gasteiger partial charge in [-0.25, -0.2) is 4.39 Å². The third kappa shape index (κ3) is 5.15. The van der Waals surface area contributed by atoms with Gasteiger partial charge in [0, 0.05) is 36.1 Å². The SMILES string of the molecule is COCC(=O)Nc1cc(N2C(=S)N[C@@H](c3ccccn3)[C@H]2c2cc(C)n(-c3cccc(F)c3)c2C)ccc1OC. The van der Waals surface area contributed by atoms with Crippen LogP contribution in [-0.2, 0) is 9.53 Å². The Morgan fingerprint density at radius 2 is 1.90 bits per heavy atom. The van der Waals surface area contributed by atoms with Gasteiger partial charge in [0.1, 0.15) is 18.2 Å². The summed E-state index contributed by atoms with van der Waals surface area (Å²) in [6.07, 6.45) is 1.76. The van der Waals surface area contributed by atoms with Crippen molar-refractivity contribution in [2.75, 3.05) is 31.0 Å². The highest BCUT2D eigenvalue weighted by molar-refractivity contribution is 7.80. The highest BCUT2D eigenvalue weighted by Crippen LogP contribution is 2.45. The molecule has 1 aliphatic heterocycles. The number of nitrogens with one attached hydrogen (secondary N) is 2. The van der Waals surface area contributed by atoms with Crippen molar-refractivity contribution in [3.8, 4) is 11.4 Å². The Morgan fingerprint density at radius 3 is 2.60 bits per heavy atom. The number of halogens is 1.